The lowest BCUT2D eigenvalue weighted by Gasteiger charge is -2.25. The molecule has 3 rings (SSSR count). The van der Waals surface area contributed by atoms with Crippen molar-refractivity contribution in [2.75, 3.05) is 31.1 Å². The lowest BCUT2D eigenvalue weighted by atomic mass is 10.1. The number of hydrogen-bond acceptors (Lipinski definition) is 5. The summed E-state index contributed by atoms with van der Waals surface area (Å²) in [4.78, 5) is 22.5. The molecule has 0 saturated carbocycles. The van der Waals surface area contributed by atoms with Gasteiger partial charge in [0.1, 0.15) is 5.69 Å². The van der Waals surface area contributed by atoms with Gasteiger partial charge in [-0.1, -0.05) is 31.3 Å². The number of aryl methyl sites for hydroxylation is 4. The summed E-state index contributed by atoms with van der Waals surface area (Å²) in [6.07, 6.45) is 1.74. The third kappa shape index (κ3) is 3.95. The zero-order valence-electron chi connectivity index (χ0n) is 17.6. The first-order chi connectivity index (χ1) is 13.3. The maximum atomic E-state index is 13.5. The molecule has 0 saturated heterocycles. The number of likely N-dealkylation sites (N-methyl/N-ethyl adjacent to an activating group) is 1. The number of fused-ring (bicyclic) bond motifs is 1. The molecule has 0 atom stereocenters. The Bertz CT molecular complexity index is 967. The second kappa shape index (κ2) is 8.41. The quantitative estimate of drug-likeness (QED) is 0.604. The Morgan fingerprint density at radius 3 is 2.43 bits per heavy atom. The van der Waals surface area contributed by atoms with Crippen molar-refractivity contribution in [2.45, 2.75) is 34.6 Å². The zero-order valence-corrected chi connectivity index (χ0v) is 18.4. The largest absolute Gasteiger partial charge is 0.302 e. The Hall–Kier alpha value is -2.25. The van der Waals surface area contributed by atoms with Crippen LogP contribution in [0.4, 0.5) is 5.13 Å². The van der Waals surface area contributed by atoms with Crippen molar-refractivity contribution in [3.63, 3.8) is 0 Å². The van der Waals surface area contributed by atoms with Crippen LogP contribution in [-0.4, -0.2) is 51.8 Å². The van der Waals surface area contributed by atoms with Gasteiger partial charge in [0.05, 0.1) is 16.4 Å². The molecular formula is C21H29N5OS. The van der Waals surface area contributed by atoms with E-state index < -0.39 is 0 Å². The van der Waals surface area contributed by atoms with Crippen molar-refractivity contribution in [1.82, 2.24) is 19.7 Å². The van der Waals surface area contributed by atoms with Gasteiger partial charge in [0.15, 0.2) is 5.13 Å². The van der Waals surface area contributed by atoms with E-state index in [1.165, 1.54) is 5.56 Å². The van der Waals surface area contributed by atoms with Crippen molar-refractivity contribution < 1.29 is 4.79 Å². The summed E-state index contributed by atoms with van der Waals surface area (Å²) >= 11 is 1.58. The number of carbonyl (C=O) groups excluding carboxylic acids is 1. The summed E-state index contributed by atoms with van der Waals surface area (Å²) in [6.45, 7) is 13.7. The standard InChI is InChI=1S/C21H29N5OS/c1-7-25(8-2)9-10-26(20(27)19-16(5)13-22-24(19)6)21-23-18-15(4)11-14(3)12-17(18)28-21/h11-13H,7-10H2,1-6H3. The summed E-state index contributed by atoms with van der Waals surface area (Å²) in [5, 5.41) is 5.00. The van der Waals surface area contributed by atoms with Crippen molar-refractivity contribution >= 4 is 32.6 Å². The molecule has 1 aromatic carbocycles. The van der Waals surface area contributed by atoms with Gasteiger partial charge < -0.3 is 4.90 Å². The summed E-state index contributed by atoms with van der Waals surface area (Å²) in [7, 11) is 1.81. The molecule has 3 aromatic rings. The van der Waals surface area contributed by atoms with E-state index in [4.69, 9.17) is 4.98 Å². The Balaban J connectivity index is 2.03. The van der Waals surface area contributed by atoms with Gasteiger partial charge in [-0.15, -0.1) is 0 Å². The molecule has 28 heavy (non-hydrogen) atoms. The molecule has 0 aliphatic rings. The van der Waals surface area contributed by atoms with Gasteiger partial charge in [-0.2, -0.15) is 5.10 Å². The van der Waals surface area contributed by atoms with Crippen LogP contribution >= 0.6 is 11.3 Å². The minimum absolute atomic E-state index is 0.0434. The summed E-state index contributed by atoms with van der Waals surface area (Å²) in [5.74, 6) is -0.0434. The average Bonchev–Trinajstić information content (AvgIpc) is 3.21. The molecule has 0 unspecified atom stereocenters. The summed E-state index contributed by atoms with van der Waals surface area (Å²) < 4.78 is 2.78. The molecule has 2 heterocycles. The topological polar surface area (TPSA) is 54.3 Å². The average molecular weight is 400 g/mol. The number of rotatable bonds is 7. The van der Waals surface area contributed by atoms with Crippen LogP contribution in [0.15, 0.2) is 18.3 Å². The van der Waals surface area contributed by atoms with Crippen LogP contribution in [0.5, 0.6) is 0 Å². The van der Waals surface area contributed by atoms with Crippen molar-refractivity contribution in [1.29, 1.82) is 0 Å². The predicted molar refractivity (Wildman–Crippen MR) is 117 cm³/mol. The molecule has 0 fully saturated rings. The van der Waals surface area contributed by atoms with Crippen LogP contribution in [0.1, 0.15) is 41.0 Å². The van der Waals surface area contributed by atoms with E-state index in [9.17, 15) is 4.79 Å². The fourth-order valence-corrected chi connectivity index (χ4v) is 4.69. The Labute approximate surface area is 170 Å². The van der Waals surface area contributed by atoms with Gasteiger partial charge >= 0.3 is 0 Å². The second-order valence-electron chi connectivity index (χ2n) is 7.21. The highest BCUT2D eigenvalue weighted by Gasteiger charge is 2.26. The lowest BCUT2D eigenvalue weighted by molar-refractivity contribution is 0.0974. The Kier molecular flexibility index (Phi) is 6.15. The lowest BCUT2D eigenvalue weighted by Crippen LogP contribution is -2.39. The molecule has 0 aliphatic heterocycles. The highest BCUT2D eigenvalue weighted by atomic mass is 32.1. The summed E-state index contributed by atoms with van der Waals surface area (Å²) in [6, 6.07) is 4.28. The number of carbonyl (C=O) groups is 1. The van der Waals surface area contributed by atoms with E-state index in [-0.39, 0.29) is 5.91 Å². The first-order valence-electron chi connectivity index (χ1n) is 9.76. The van der Waals surface area contributed by atoms with E-state index in [1.54, 1.807) is 22.2 Å². The van der Waals surface area contributed by atoms with E-state index in [0.717, 1.165) is 46.1 Å². The molecule has 2 aromatic heterocycles. The van der Waals surface area contributed by atoms with Gasteiger partial charge in [0.2, 0.25) is 0 Å². The van der Waals surface area contributed by atoms with Gasteiger partial charge in [-0.3, -0.25) is 14.4 Å². The number of amides is 1. The molecule has 0 N–H and O–H groups in total. The molecule has 1 amide bonds. The molecule has 0 bridgehead atoms. The molecule has 0 aliphatic carbocycles. The highest BCUT2D eigenvalue weighted by Crippen LogP contribution is 2.32. The van der Waals surface area contributed by atoms with Gasteiger partial charge in [0, 0.05) is 20.1 Å². The zero-order chi connectivity index (χ0) is 20.4. The van der Waals surface area contributed by atoms with Crippen LogP contribution in [0.3, 0.4) is 0 Å². The van der Waals surface area contributed by atoms with Crippen molar-refractivity contribution in [2.24, 2.45) is 7.05 Å². The molecule has 0 radical (unpaired) electrons. The Morgan fingerprint density at radius 2 is 1.82 bits per heavy atom. The molecule has 0 spiro atoms. The van der Waals surface area contributed by atoms with E-state index in [1.807, 2.05) is 18.9 Å². The molecule has 6 nitrogen and oxygen atoms in total. The molecule has 150 valence electrons. The number of anilines is 1. The van der Waals surface area contributed by atoms with Crippen molar-refractivity contribution in [3.8, 4) is 0 Å². The first-order valence-corrected chi connectivity index (χ1v) is 10.6. The fourth-order valence-electron chi connectivity index (χ4n) is 3.52. The van der Waals surface area contributed by atoms with Crippen molar-refractivity contribution in [3.05, 3.63) is 40.7 Å². The van der Waals surface area contributed by atoms with Crippen LogP contribution in [0.2, 0.25) is 0 Å². The second-order valence-corrected chi connectivity index (χ2v) is 8.22. The number of benzene rings is 1. The van der Waals surface area contributed by atoms with Crippen LogP contribution in [0, 0.1) is 20.8 Å². The third-order valence-corrected chi connectivity index (χ3v) is 6.18. The number of aromatic nitrogens is 3. The maximum Gasteiger partial charge on any atom is 0.278 e. The van der Waals surface area contributed by atoms with E-state index >= 15 is 0 Å². The van der Waals surface area contributed by atoms with E-state index in [2.05, 4.69) is 49.8 Å². The van der Waals surface area contributed by atoms with Crippen LogP contribution in [0.25, 0.3) is 10.2 Å². The third-order valence-electron chi connectivity index (χ3n) is 5.15. The van der Waals surface area contributed by atoms with Crippen LogP contribution < -0.4 is 4.90 Å². The minimum atomic E-state index is -0.0434. The minimum Gasteiger partial charge on any atom is -0.302 e. The fraction of sp³-hybridized carbons (Fsp3) is 0.476. The maximum absolute atomic E-state index is 13.5. The monoisotopic (exact) mass is 399 g/mol. The number of hydrogen-bond donors (Lipinski definition) is 0. The van der Waals surface area contributed by atoms with Gasteiger partial charge in [0.25, 0.3) is 5.91 Å². The predicted octanol–water partition coefficient (Wildman–Crippen LogP) is 3.94. The van der Waals surface area contributed by atoms with Gasteiger partial charge in [-0.25, -0.2) is 4.98 Å². The smallest absolute Gasteiger partial charge is 0.278 e. The number of nitrogens with zero attached hydrogens (tertiary/aromatic N) is 5. The van der Waals surface area contributed by atoms with E-state index in [0.29, 0.717) is 12.2 Å². The highest BCUT2D eigenvalue weighted by molar-refractivity contribution is 7.22. The normalized spacial score (nSPS) is 11.5. The molecular weight excluding hydrogens is 370 g/mol. The van der Waals surface area contributed by atoms with Gasteiger partial charge in [-0.05, 0) is 56.6 Å². The SMILES string of the molecule is CCN(CC)CCN(C(=O)c1c(C)cnn1C)c1nc2c(C)cc(C)cc2s1. The Morgan fingerprint density at radius 1 is 1.11 bits per heavy atom. The number of thiazole rings is 1. The summed E-state index contributed by atoms with van der Waals surface area (Å²) in [5.41, 5.74) is 4.84. The molecule has 7 heteroatoms. The van der Waals surface area contributed by atoms with Crippen LogP contribution in [-0.2, 0) is 7.05 Å². The first kappa shape index (κ1) is 20.5.